The number of fused-ring (bicyclic) bond motifs is 2. The van der Waals surface area contributed by atoms with E-state index in [2.05, 4.69) is 24.1 Å². The Labute approximate surface area is 217 Å². The molecule has 3 atom stereocenters. The molecule has 196 valence electrons. The number of nitrogens with zero attached hydrogens (tertiary/aromatic N) is 3. The van der Waals surface area contributed by atoms with Gasteiger partial charge in [-0.2, -0.15) is 10.2 Å². The van der Waals surface area contributed by atoms with Crippen LogP contribution in [0.25, 0.3) is 0 Å². The first-order valence-corrected chi connectivity index (χ1v) is 13.3. The molecule has 5 nitrogen and oxygen atoms in total. The Hall–Kier alpha value is -2.93. The zero-order chi connectivity index (χ0) is 26.2. The SMILES string of the molecule is CCC1=N/N=C(\c2c(F)cccc2F)CC2(C)CCCC1(C(=O)N1CC(OCc3ccccc3)C1)C2C. The summed E-state index contributed by atoms with van der Waals surface area (Å²) in [4.78, 5) is 16.1. The molecule has 0 N–H and O–H groups in total. The van der Waals surface area contributed by atoms with Gasteiger partial charge in [-0.3, -0.25) is 4.79 Å². The third-order valence-electron chi connectivity index (χ3n) is 8.91. The van der Waals surface area contributed by atoms with Crippen molar-refractivity contribution in [2.75, 3.05) is 13.1 Å². The van der Waals surface area contributed by atoms with Gasteiger partial charge in [0.05, 0.1) is 35.1 Å². The molecule has 3 unspecified atom stereocenters. The van der Waals surface area contributed by atoms with Gasteiger partial charge in [-0.1, -0.05) is 63.6 Å². The van der Waals surface area contributed by atoms with E-state index >= 15 is 0 Å². The molecular weight excluding hydrogens is 472 g/mol. The smallest absolute Gasteiger partial charge is 0.235 e. The second-order valence-corrected chi connectivity index (χ2v) is 11.0. The molecule has 1 saturated heterocycles. The molecule has 2 aromatic carbocycles. The van der Waals surface area contributed by atoms with E-state index in [-0.39, 0.29) is 28.9 Å². The van der Waals surface area contributed by atoms with E-state index in [1.165, 1.54) is 18.2 Å². The number of amides is 1. The van der Waals surface area contributed by atoms with Gasteiger partial charge in [0, 0.05) is 13.1 Å². The molecule has 2 bridgehead atoms. The number of rotatable bonds is 6. The van der Waals surface area contributed by atoms with Gasteiger partial charge < -0.3 is 9.64 Å². The summed E-state index contributed by atoms with van der Waals surface area (Å²) in [5, 5.41) is 8.99. The number of likely N-dealkylation sites (tertiary alicyclic amines) is 1. The molecular formula is C30H35F2N3O2. The molecule has 1 aliphatic carbocycles. The van der Waals surface area contributed by atoms with Gasteiger partial charge in [-0.15, -0.1) is 0 Å². The minimum atomic E-state index is -0.769. The van der Waals surface area contributed by atoms with Crippen molar-refractivity contribution in [3.63, 3.8) is 0 Å². The zero-order valence-corrected chi connectivity index (χ0v) is 21.8. The number of carbonyl (C=O) groups excluding carboxylic acids is 1. The summed E-state index contributed by atoms with van der Waals surface area (Å²) in [6.45, 7) is 7.87. The quantitative estimate of drug-likeness (QED) is 0.470. The Kier molecular flexibility index (Phi) is 7.01. The highest BCUT2D eigenvalue weighted by Crippen LogP contribution is 2.56. The lowest BCUT2D eigenvalue weighted by Crippen LogP contribution is -2.64. The second kappa shape index (κ2) is 10.1. The summed E-state index contributed by atoms with van der Waals surface area (Å²) in [7, 11) is 0. The van der Waals surface area contributed by atoms with Crippen molar-refractivity contribution in [2.24, 2.45) is 27.0 Å². The minimum absolute atomic E-state index is 0.00932. The molecule has 2 aliphatic heterocycles. The second-order valence-electron chi connectivity index (χ2n) is 11.0. The number of hydrogen-bond donors (Lipinski definition) is 0. The Morgan fingerprint density at radius 2 is 1.76 bits per heavy atom. The Morgan fingerprint density at radius 1 is 1.05 bits per heavy atom. The largest absolute Gasteiger partial charge is 0.370 e. The third kappa shape index (κ3) is 4.52. The van der Waals surface area contributed by atoms with Crippen LogP contribution in [-0.4, -0.2) is 41.4 Å². The van der Waals surface area contributed by atoms with Gasteiger partial charge in [0.25, 0.3) is 0 Å². The summed E-state index contributed by atoms with van der Waals surface area (Å²) in [5.41, 5.74) is 0.903. The van der Waals surface area contributed by atoms with Crippen LogP contribution in [0.2, 0.25) is 0 Å². The van der Waals surface area contributed by atoms with Crippen LogP contribution < -0.4 is 0 Å². The highest BCUT2D eigenvalue weighted by atomic mass is 19.1. The lowest BCUT2D eigenvalue weighted by Gasteiger charge is -2.55. The molecule has 2 fully saturated rings. The summed E-state index contributed by atoms with van der Waals surface area (Å²) in [6, 6.07) is 13.9. The molecule has 7 heteroatoms. The zero-order valence-electron chi connectivity index (χ0n) is 21.8. The van der Waals surface area contributed by atoms with Crippen molar-refractivity contribution in [3.05, 3.63) is 71.3 Å². The molecule has 37 heavy (non-hydrogen) atoms. The van der Waals surface area contributed by atoms with Crippen LogP contribution >= 0.6 is 0 Å². The van der Waals surface area contributed by atoms with Gasteiger partial charge in [-0.25, -0.2) is 8.78 Å². The van der Waals surface area contributed by atoms with E-state index < -0.39 is 17.0 Å². The predicted octanol–water partition coefficient (Wildman–Crippen LogP) is 6.16. The lowest BCUT2D eigenvalue weighted by molar-refractivity contribution is -0.160. The van der Waals surface area contributed by atoms with Crippen molar-refractivity contribution in [3.8, 4) is 0 Å². The molecule has 1 saturated carbocycles. The van der Waals surface area contributed by atoms with Crippen LogP contribution in [0.1, 0.15) is 64.0 Å². The predicted molar refractivity (Wildman–Crippen MR) is 140 cm³/mol. The fraction of sp³-hybridized carbons (Fsp3) is 0.500. The molecule has 0 aromatic heterocycles. The summed E-state index contributed by atoms with van der Waals surface area (Å²) >= 11 is 0. The van der Waals surface area contributed by atoms with Gasteiger partial charge >= 0.3 is 0 Å². The molecule has 2 heterocycles. The van der Waals surface area contributed by atoms with Crippen molar-refractivity contribution >= 4 is 17.3 Å². The van der Waals surface area contributed by atoms with E-state index in [1.807, 2.05) is 42.2 Å². The molecule has 1 amide bonds. The van der Waals surface area contributed by atoms with Crippen molar-refractivity contribution in [1.29, 1.82) is 0 Å². The fourth-order valence-electron chi connectivity index (χ4n) is 6.56. The Balaban J connectivity index is 1.43. The topological polar surface area (TPSA) is 54.3 Å². The van der Waals surface area contributed by atoms with Crippen LogP contribution in [0.4, 0.5) is 8.78 Å². The maximum atomic E-state index is 14.7. The number of carbonyl (C=O) groups is 1. The Morgan fingerprint density at radius 3 is 2.43 bits per heavy atom. The fourth-order valence-corrected chi connectivity index (χ4v) is 6.56. The first kappa shape index (κ1) is 25.7. The first-order chi connectivity index (χ1) is 17.8. The van der Waals surface area contributed by atoms with Crippen LogP contribution in [-0.2, 0) is 16.1 Å². The summed E-state index contributed by atoms with van der Waals surface area (Å²) in [6.07, 6.45) is 3.34. The van der Waals surface area contributed by atoms with Crippen LogP contribution in [0.3, 0.4) is 0 Å². The van der Waals surface area contributed by atoms with Crippen LogP contribution in [0.5, 0.6) is 0 Å². The maximum absolute atomic E-state index is 14.7. The average molecular weight is 508 g/mol. The number of halogens is 2. The molecule has 2 aromatic rings. The molecule has 0 radical (unpaired) electrons. The average Bonchev–Trinajstić information content (AvgIpc) is 2.86. The summed E-state index contributed by atoms with van der Waals surface area (Å²) in [5.74, 6) is -1.25. The highest BCUT2D eigenvalue weighted by Gasteiger charge is 2.59. The number of ether oxygens (including phenoxy) is 1. The van der Waals surface area contributed by atoms with Gasteiger partial charge in [0.2, 0.25) is 5.91 Å². The monoisotopic (exact) mass is 507 g/mol. The maximum Gasteiger partial charge on any atom is 0.235 e. The normalized spacial score (nSPS) is 29.4. The van der Waals surface area contributed by atoms with Crippen molar-refractivity contribution in [1.82, 2.24) is 4.90 Å². The van der Waals surface area contributed by atoms with Crippen molar-refractivity contribution in [2.45, 2.75) is 65.6 Å². The number of hydrogen-bond acceptors (Lipinski definition) is 4. The molecule has 5 rings (SSSR count). The van der Waals surface area contributed by atoms with E-state index in [1.54, 1.807) is 0 Å². The van der Waals surface area contributed by atoms with E-state index in [0.29, 0.717) is 50.4 Å². The van der Waals surface area contributed by atoms with Crippen LogP contribution in [0, 0.1) is 28.4 Å². The van der Waals surface area contributed by atoms with E-state index in [9.17, 15) is 13.6 Å². The van der Waals surface area contributed by atoms with Crippen molar-refractivity contribution < 1.29 is 18.3 Å². The Bertz CT molecular complexity index is 1200. The van der Waals surface area contributed by atoms with Gasteiger partial charge in [-0.05, 0) is 54.7 Å². The van der Waals surface area contributed by atoms with E-state index in [0.717, 1.165) is 18.4 Å². The lowest BCUT2D eigenvalue weighted by atomic mass is 9.51. The molecule has 0 spiro atoms. The number of benzene rings is 2. The van der Waals surface area contributed by atoms with Gasteiger partial charge in [0.1, 0.15) is 11.6 Å². The van der Waals surface area contributed by atoms with E-state index in [4.69, 9.17) is 4.74 Å². The highest BCUT2D eigenvalue weighted by molar-refractivity contribution is 6.10. The first-order valence-electron chi connectivity index (χ1n) is 13.3. The standard InChI is InChI=1S/C30H35F2N3O2/c1-4-26-30(28(36)35-17-22(18-35)37-19-21-10-6-5-7-11-21)15-9-14-29(3,20(30)2)16-25(33-34-26)27-23(31)12-8-13-24(27)32/h5-8,10-13,20,22H,4,9,14-19H2,1-3H3/b33-25-,34-26?. The van der Waals surface area contributed by atoms with Gasteiger partial charge in [0.15, 0.2) is 0 Å². The van der Waals surface area contributed by atoms with Crippen LogP contribution in [0.15, 0.2) is 58.7 Å². The minimum Gasteiger partial charge on any atom is -0.370 e. The molecule has 3 aliphatic rings. The third-order valence-corrected chi connectivity index (χ3v) is 8.91. The summed E-state index contributed by atoms with van der Waals surface area (Å²) < 4.78 is 35.5.